The van der Waals surface area contributed by atoms with Crippen LogP contribution in [0.15, 0.2) is 0 Å². The molecule has 0 spiro atoms. The summed E-state index contributed by atoms with van der Waals surface area (Å²) in [5, 5.41) is 308. The van der Waals surface area contributed by atoms with Crippen LogP contribution in [-0.4, -0.2) is 535 Å². The van der Waals surface area contributed by atoms with E-state index in [9.17, 15) is 162 Å². The van der Waals surface area contributed by atoms with E-state index >= 15 is 0 Å². The number of hydrogen-bond acceptors (Lipinski definition) is 50. The predicted octanol–water partition coefficient (Wildman–Crippen LogP) is -21.3. The van der Waals surface area contributed by atoms with Crippen LogP contribution in [0.3, 0.4) is 0 Å². The minimum Gasteiger partial charge on any atom is -0.394 e. The summed E-state index contributed by atoms with van der Waals surface area (Å²) in [7, 11) is 0. The van der Waals surface area contributed by atoms with E-state index in [1.54, 1.807) is 0 Å². The molecule has 49 atom stereocenters. The van der Waals surface area contributed by atoms with Crippen LogP contribution in [0.1, 0.15) is 48.5 Å². The Morgan fingerprint density at radius 2 is 0.617 bits per heavy atom. The molecule has 9 aliphatic rings. The van der Waals surface area contributed by atoms with E-state index in [1.807, 2.05) is 0 Å². The van der Waals surface area contributed by atoms with Gasteiger partial charge in [-0.2, -0.15) is 0 Å². The largest absolute Gasteiger partial charge is 0.394 e. The number of aliphatic hydroxyl groups excluding tert-OH is 26. The lowest BCUT2D eigenvalue weighted by Gasteiger charge is -2.51. The van der Waals surface area contributed by atoms with E-state index in [1.165, 1.54) is 6.92 Å². The summed E-state index contributed by atoms with van der Waals surface area (Å²) in [5.41, 5.74) is 0. The highest BCUT2D eigenvalue weighted by Crippen LogP contribution is 2.41. The highest BCUT2D eigenvalue weighted by atomic mass is 16.8. The van der Waals surface area contributed by atoms with Crippen molar-refractivity contribution in [1.82, 2.24) is 31.9 Å². The van der Waals surface area contributed by atoms with Crippen LogP contribution in [0.25, 0.3) is 0 Å². The summed E-state index contributed by atoms with van der Waals surface area (Å²) < 4.78 is 109. The maximum absolute atomic E-state index is 13.3. The van der Waals surface area contributed by atoms with E-state index in [0.29, 0.717) is 0 Å². The molecule has 56 nitrogen and oxygen atoms in total. The lowest BCUT2D eigenvalue weighted by Crippen LogP contribution is -2.71. The molecule has 0 radical (unpaired) electrons. The number of amides is 6. The van der Waals surface area contributed by atoms with Gasteiger partial charge in [0, 0.05) is 41.5 Å². The van der Waals surface area contributed by atoms with Gasteiger partial charge in [0.05, 0.1) is 78.2 Å². The highest BCUT2D eigenvalue weighted by molar-refractivity contribution is 5.75. The molecule has 0 aromatic rings. The summed E-state index contributed by atoms with van der Waals surface area (Å²) in [6.45, 7) is -4.60. The van der Waals surface area contributed by atoms with Gasteiger partial charge in [-0.3, -0.25) is 28.8 Å². The number of ether oxygens (including phenoxy) is 18. The average molecular weight is 1870 g/mol. The van der Waals surface area contributed by atoms with Crippen LogP contribution in [0, 0.1) is 0 Å². The van der Waals surface area contributed by atoms with Crippen molar-refractivity contribution >= 4 is 35.4 Å². The molecule has 9 saturated heterocycles. The number of hydrogen-bond donors (Lipinski definition) is 32. The van der Waals surface area contributed by atoms with E-state index in [0.717, 1.165) is 41.5 Å². The van der Waals surface area contributed by atoms with E-state index < -0.39 is 402 Å². The van der Waals surface area contributed by atoms with Crippen LogP contribution in [0.2, 0.25) is 0 Å². The topological polar surface area (TPSA) is 867 Å². The normalized spacial score (nSPS) is 45.2. The van der Waals surface area contributed by atoms with E-state index in [2.05, 4.69) is 31.9 Å². The maximum atomic E-state index is 13.3. The van der Waals surface area contributed by atoms with Crippen molar-refractivity contribution in [2.75, 3.05) is 66.1 Å². The van der Waals surface area contributed by atoms with Crippen molar-refractivity contribution in [2.24, 2.45) is 0 Å². The lowest BCUT2D eigenvalue weighted by molar-refractivity contribution is -0.402. The van der Waals surface area contributed by atoms with Gasteiger partial charge in [0.15, 0.2) is 56.6 Å². The Balaban J connectivity index is 1.11. The van der Waals surface area contributed by atoms with Gasteiger partial charge >= 0.3 is 0 Å². The Labute approximate surface area is 727 Å². The molecule has 9 aliphatic heterocycles. The van der Waals surface area contributed by atoms with Crippen LogP contribution in [0.5, 0.6) is 0 Å². The number of nitrogens with one attached hydrogen (secondary N) is 6. The molecule has 0 aromatic heterocycles. The van der Waals surface area contributed by atoms with E-state index in [-0.39, 0.29) is 0 Å². The molecule has 128 heavy (non-hydrogen) atoms. The molecule has 32 N–H and O–H groups in total. The van der Waals surface area contributed by atoms with Crippen molar-refractivity contribution in [3.8, 4) is 0 Å². The fraction of sp³-hybridized carbons (Fsp3) is 0.917. The zero-order valence-electron chi connectivity index (χ0n) is 69.8. The molecule has 0 aromatic carbocycles. The number of carbonyl (C=O) groups is 6. The summed E-state index contributed by atoms with van der Waals surface area (Å²) in [6, 6.07) is -11.3. The molecule has 0 saturated carbocycles. The third-order valence-electron chi connectivity index (χ3n) is 22.9. The Morgan fingerprint density at radius 1 is 0.289 bits per heavy atom. The van der Waals surface area contributed by atoms with E-state index in [4.69, 9.17) is 85.3 Å². The van der Waals surface area contributed by atoms with Crippen molar-refractivity contribution in [2.45, 2.75) is 349 Å². The zero-order chi connectivity index (χ0) is 94.8. The zero-order valence-corrected chi connectivity index (χ0v) is 69.8. The standard InChI is InChI=1S/C72H122N6O50/c1-18-40(94)52(106)54(108)69(113-18)111-16-26(93)57(41(95)25(8-79)73-19(2)87)122-67-38(77-23(6)91)51(105)59(32(14-85)118-67)125-70-56(110)61(126-72-63(128-66-37(76-22(5)90)49(103)44(98)29(11-82)116-66)55(109)60(33(15-86)120-72)124-65-36(75-21(4)89)48(102)43(97)28(10-81)115-65)46(100)34(121-70)17-112-71-62(53(107)45(99)30(12-83)117-71)127-68-39(78-24(7)92)50(104)58(31(13-84)119-68)123-64-35(74-20(3)88)47(101)42(96)27(9-80)114-64/h18,25-72,79-86,93-110H,8-17H2,1-7H3,(H,73,87)(H,74,88)(H,75,89)(H,76,90)(H,77,91)(H,78,92)/t18-,25-,26+,27+,28+,29+,30+,31+,32+,33+,34+,35+,36+,37+,38+,39+,40+,41+,42-,43+,44+,45+,46+,47+,48+,49+,50+,51+,52+,53-,54-,55-,56-,57+,58+,59+,60+,61-,62-,63-,64-,65-,66-,67-,68-,69+,70-,71-,72+/m0/s1. The molecule has 0 bridgehead atoms. The first-order chi connectivity index (χ1) is 60.4. The quantitative estimate of drug-likeness (QED) is 0.0275. The van der Waals surface area contributed by atoms with Gasteiger partial charge in [0.25, 0.3) is 0 Å². The Kier molecular flexibility index (Phi) is 39.6. The van der Waals surface area contributed by atoms with Crippen LogP contribution < -0.4 is 31.9 Å². The van der Waals surface area contributed by atoms with Crippen LogP contribution in [0.4, 0.5) is 0 Å². The molecule has 9 heterocycles. The Morgan fingerprint density at radius 3 is 1.02 bits per heavy atom. The molecule has 0 unspecified atom stereocenters. The first kappa shape index (κ1) is 107. The SMILES string of the molecule is CC(=O)N[C@H]1[C@H](O[C@@H]([C@H](O)[C@H](CO)NC(C)=O)[C@H](O)CO[C@@H]2O[C@@H](C)[C@@H](O)[C@@H](O)[C@@H]2O)O[C@H](CO)[C@@H](O[C@@H]2O[C@H](CO[C@H]3O[C@H](CO)[C@@H](O)[C@H](O)[C@@H]3O[C@@H]3O[C@H](CO)[C@@H](O[C@@H]4O[C@H](CO)[C@H](O)[C@H](O)[C@H]4NC(C)=O)[C@H](O)[C@H]3NC(C)=O)[C@@H](O)[C@H](O[C@H]3O[C@H](CO)[C@@H](O[C@@H]4O[C@H](CO)[C@@H](O)[C@H](O)[C@H]4NC(C)=O)[C@H](O)[C@@H]3O[C@@H]3O[C@H](CO)[C@@H](O)[C@H](O)[C@H]3NC(C)=O)[C@@H]2O)[C@@H]1O. The van der Waals surface area contributed by atoms with Gasteiger partial charge < -0.3 is 250 Å². The van der Waals surface area contributed by atoms with Crippen LogP contribution >= 0.6 is 0 Å². The molecule has 740 valence electrons. The summed E-state index contributed by atoms with van der Waals surface area (Å²) in [5.74, 6) is -5.56. The minimum absolute atomic E-state index is 0.820. The molecule has 9 rings (SSSR count). The Hall–Kier alpha value is -4.94. The van der Waals surface area contributed by atoms with Gasteiger partial charge in [0.2, 0.25) is 35.4 Å². The smallest absolute Gasteiger partial charge is 0.217 e. The molecular formula is C72H122N6O50. The second-order valence-corrected chi connectivity index (χ2v) is 32.2. The van der Waals surface area contributed by atoms with Gasteiger partial charge in [-0.15, -0.1) is 0 Å². The van der Waals surface area contributed by atoms with Gasteiger partial charge in [-0.25, -0.2) is 0 Å². The molecule has 56 heteroatoms. The fourth-order valence-corrected chi connectivity index (χ4v) is 16.2. The summed E-state index contributed by atoms with van der Waals surface area (Å²) >= 11 is 0. The van der Waals surface area contributed by atoms with Gasteiger partial charge in [0.1, 0.15) is 232 Å². The lowest BCUT2D eigenvalue weighted by atomic mass is 9.94. The number of rotatable bonds is 37. The van der Waals surface area contributed by atoms with Crippen LogP contribution in [-0.2, 0) is 114 Å². The maximum Gasteiger partial charge on any atom is 0.217 e. The molecule has 0 aliphatic carbocycles. The number of aliphatic hydroxyl groups is 26. The highest BCUT2D eigenvalue weighted by Gasteiger charge is 2.62. The minimum atomic E-state index is -2.70. The second kappa shape index (κ2) is 47.5. The van der Waals surface area contributed by atoms with Gasteiger partial charge in [-0.1, -0.05) is 0 Å². The van der Waals surface area contributed by atoms with Gasteiger partial charge in [-0.05, 0) is 6.92 Å². The summed E-state index contributed by atoms with van der Waals surface area (Å²) in [4.78, 5) is 76.7. The first-order valence-electron chi connectivity index (χ1n) is 40.9. The molecule has 6 amide bonds. The first-order valence-corrected chi connectivity index (χ1v) is 40.9. The van der Waals surface area contributed by atoms with Crippen molar-refractivity contribution in [3.05, 3.63) is 0 Å². The predicted molar refractivity (Wildman–Crippen MR) is 400 cm³/mol. The van der Waals surface area contributed by atoms with Crippen molar-refractivity contribution in [3.63, 3.8) is 0 Å². The molecular weight excluding hydrogens is 1750 g/mol. The average Bonchev–Trinajstić information content (AvgIpc) is 0.756. The summed E-state index contributed by atoms with van der Waals surface area (Å²) in [6.07, 6.45) is -91.5. The monoisotopic (exact) mass is 1870 g/mol. The van der Waals surface area contributed by atoms with Crippen molar-refractivity contribution < 1.29 is 247 Å². The third-order valence-corrected chi connectivity index (χ3v) is 22.9. The van der Waals surface area contributed by atoms with Crippen molar-refractivity contribution in [1.29, 1.82) is 0 Å². The number of carbonyl (C=O) groups excluding carboxylic acids is 6. The Bertz CT molecular complexity index is 3500. The molecule has 9 fully saturated rings. The third kappa shape index (κ3) is 24.8. The second-order valence-electron chi connectivity index (χ2n) is 32.2. The fourth-order valence-electron chi connectivity index (χ4n) is 16.2.